The normalized spacial score (nSPS) is 20.5. The molecule has 0 unspecified atom stereocenters. The second-order valence-electron chi connectivity index (χ2n) is 7.35. The summed E-state index contributed by atoms with van der Waals surface area (Å²) in [7, 11) is 0. The van der Waals surface area contributed by atoms with Crippen LogP contribution in [0.15, 0.2) is 42.5 Å². The molecular weight excluding hydrogens is 356 g/mol. The number of ether oxygens (including phenoxy) is 1. The smallest absolute Gasteiger partial charge is 0.406 e. The fraction of sp³-hybridized carbons (Fsp3) is 0.455. The van der Waals surface area contributed by atoms with Crippen LogP contribution < -0.4 is 4.74 Å². The Kier molecular flexibility index (Phi) is 6.08. The fourth-order valence-corrected chi connectivity index (χ4v) is 3.89. The molecule has 2 aromatic rings. The minimum Gasteiger partial charge on any atom is -0.406 e. The van der Waals surface area contributed by atoms with Crippen LogP contribution in [0, 0.1) is 11.7 Å². The van der Waals surface area contributed by atoms with E-state index in [1.54, 1.807) is 12.1 Å². The van der Waals surface area contributed by atoms with Gasteiger partial charge in [0.05, 0.1) is 0 Å². The molecule has 0 bridgehead atoms. The van der Waals surface area contributed by atoms with Crippen LogP contribution >= 0.6 is 0 Å². The van der Waals surface area contributed by atoms with Gasteiger partial charge in [-0.2, -0.15) is 0 Å². The molecule has 0 amide bonds. The van der Waals surface area contributed by atoms with Gasteiger partial charge >= 0.3 is 6.36 Å². The highest BCUT2D eigenvalue weighted by Crippen LogP contribution is 2.37. The van der Waals surface area contributed by atoms with Gasteiger partial charge in [0.2, 0.25) is 0 Å². The van der Waals surface area contributed by atoms with E-state index in [1.165, 1.54) is 43.5 Å². The lowest BCUT2D eigenvalue weighted by atomic mass is 9.77. The molecule has 3 rings (SSSR count). The van der Waals surface area contributed by atoms with E-state index in [-0.39, 0.29) is 11.6 Å². The zero-order chi connectivity index (χ0) is 19.4. The van der Waals surface area contributed by atoms with Crippen LogP contribution in [0.5, 0.6) is 5.75 Å². The molecule has 1 nitrogen and oxygen atoms in total. The minimum absolute atomic E-state index is 0.249. The monoisotopic (exact) mass is 380 g/mol. The number of halogens is 4. The molecule has 1 aliphatic rings. The molecule has 0 spiro atoms. The summed E-state index contributed by atoms with van der Waals surface area (Å²) >= 11 is 0. The second-order valence-corrected chi connectivity index (χ2v) is 7.35. The summed E-state index contributed by atoms with van der Waals surface area (Å²) in [4.78, 5) is 0. The Morgan fingerprint density at radius 2 is 1.63 bits per heavy atom. The van der Waals surface area contributed by atoms with Crippen LogP contribution in [0.1, 0.15) is 61.6 Å². The summed E-state index contributed by atoms with van der Waals surface area (Å²) in [5.41, 5.74) is 2.34. The number of alkyl halides is 3. The SMILES string of the molecule is CCC1CCC(c2ccc(Cc3ccc(OC(F)(F)F)cc3)c(F)c2)CC1. The first-order valence-corrected chi connectivity index (χ1v) is 9.47. The zero-order valence-electron chi connectivity index (χ0n) is 15.4. The summed E-state index contributed by atoms with van der Waals surface area (Å²) < 4.78 is 55.0. The van der Waals surface area contributed by atoms with Crippen LogP contribution in [0.4, 0.5) is 17.6 Å². The first-order valence-electron chi connectivity index (χ1n) is 9.47. The molecule has 27 heavy (non-hydrogen) atoms. The average molecular weight is 380 g/mol. The largest absolute Gasteiger partial charge is 0.573 e. The van der Waals surface area contributed by atoms with Gasteiger partial charge in [-0.15, -0.1) is 13.2 Å². The van der Waals surface area contributed by atoms with Gasteiger partial charge in [0.1, 0.15) is 11.6 Å². The van der Waals surface area contributed by atoms with Crippen LogP contribution in [-0.4, -0.2) is 6.36 Å². The van der Waals surface area contributed by atoms with Crippen LogP contribution in [0.2, 0.25) is 0 Å². The molecule has 0 atom stereocenters. The molecule has 0 N–H and O–H groups in total. The minimum atomic E-state index is -4.71. The molecule has 5 heteroatoms. The number of rotatable bonds is 5. The fourth-order valence-electron chi connectivity index (χ4n) is 3.89. The number of hydrogen-bond acceptors (Lipinski definition) is 1. The van der Waals surface area contributed by atoms with Crippen molar-refractivity contribution in [3.05, 3.63) is 65.0 Å². The lowest BCUT2D eigenvalue weighted by Crippen LogP contribution is -2.17. The predicted octanol–water partition coefficient (Wildman–Crippen LogP) is 7.00. The molecule has 1 aliphatic carbocycles. The Labute approximate surface area is 157 Å². The third kappa shape index (κ3) is 5.47. The summed E-state index contributed by atoms with van der Waals surface area (Å²) in [6.07, 6.45) is 1.47. The Morgan fingerprint density at radius 3 is 2.19 bits per heavy atom. The van der Waals surface area contributed by atoms with Crippen molar-refractivity contribution in [3.8, 4) is 5.75 Å². The van der Waals surface area contributed by atoms with Crippen LogP contribution in [0.3, 0.4) is 0 Å². The van der Waals surface area contributed by atoms with Gasteiger partial charge in [-0.1, -0.05) is 37.6 Å². The van der Waals surface area contributed by atoms with E-state index >= 15 is 0 Å². The summed E-state index contributed by atoms with van der Waals surface area (Å²) in [5, 5.41) is 0. The standard InChI is InChI=1S/C22H24F4O/c1-2-15-3-7-17(8-4-15)18-9-10-19(21(23)14-18)13-16-5-11-20(12-6-16)27-22(24,25)26/h5-6,9-12,14-15,17H,2-4,7-8,13H2,1H3. The highest BCUT2D eigenvalue weighted by atomic mass is 19.4. The second kappa shape index (κ2) is 8.32. The van der Waals surface area contributed by atoms with E-state index in [2.05, 4.69) is 11.7 Å². The van der Waals surface area contributed by atoms with E-state index < -0.39 is 6.36 Å². The number of hydrogen-bond donors (Lipinski definition) is 0. The van der Waals surface area contributed by atoms with Crippen molar-refractivity contribution >= 4 is 0 Å². The van der Waals surface area contributed by atoms with Crippen LogP contribution in [0.25, 0.3) is 0 Å². The van der Waals surface area contributed by atoms with E-state index in [1.807, 2.05) is 6.07 Å². The maximum Gasteiger partial charge on any atom is 0.573 e. The highest BCUT2D eigenvalue weighted by Gasteiger charge is 2.31. The van der Waals surface area contributed by atoms with Gasteiger partial charge < -0.3 is 4.74 Å². The predicted molar refractivity (Wildman–Crippen MR) is 97.3 cm³/mol. The zero-order valence-corrected chi connectivity index (χ0v) is 15.4. The van der Waals surface area contributed by atoms with Crippen molar-refractivity contribution in [1.82, 2.24) is 0 Å². The first kappa shape index (κ1) is 19.7. The summed E-state index contributed by atoms with van der Waals surface area (Å²) in [6.45, 7) is 2.22. The summed E-state index contributed by atoms with van der Waals surface area (Å²) in [6, 6.07) is 11.0. The van der Waals surface area contributed by atoms with Gasteiger partial charge in [0.15, 0.2) is 0 Å². The van der Waals surface area contributed by atoms with E-state index in [4.69, 9.17) is 0 Å². The number of benzene rings is 2. The Morgan fingerprint density at radius 1 is 0.963 bits per heavy atom. The Bertz CT molecular complexity index is 744. The van der Waals surface area contributed by atoms with Gasteiger partial charge in [-0.25, -0.2) is 4.39 Å². The molecule has 0 heterocycles. The van der Waals surface area contributed by atoms with Crippen molar-refractivity contribution in [2.75, 3.05) is 0 Å². The van der Waals surface area contributed by atoms with E-state index in [0.717, 1.165) is 29.9 Å². The quantitative estimate of drug-likeness (QED) is 0.508. The average Bonchev–Trinajstić information content (AvgIpc) is 2.64. The molecule has 0 aromatic heterocycles. The lowest BCUT2D eigenvalue weighted by Gasteiger charge is -2.28. The molecule has 0 saturated heterocycles. The maximum atomic E-state index is 14.6. The highest BCUT2D eigenvalue weighted by molar-refractivity contribution is 5.34. The van der Waals surface area contributed by atoms with E-state index in [9.17, 15) is 17.6 Å². The summed E-state index contributed by atoms with van der Waals surface area (Å²) in [5.74, 6) is 0.704. The van der Waals surface area contributed by atoms with Gasteiger partial charge in [0.25, 0.3) is 0 Å². The van der Waals surface area contributed by atoms with Crippen LogP contribution in [-0.2, 0) is 6.42 Å². The Balaban J connectivity index is 1.64. The molecule has 1 fully saturated rings. The third-order valence-electron chi connectivity index (χ3n) is 5.52. The molecule has 1 saturated carbocycles. The third-order valence-corrected chi connectivity index (χ3v) is 5.52. The van der Waals surface area contributed by atoms with Crippen molar-refractivity contribution in [2.24, 2.45) is 5.92 Å². The molecule has 0 aliphatic heterocycles. The van der Waals surface area contributed by atoms with Gasteiger partial charge in [-0.05, 0) is 72.4 Å². The Hall–Kier alpha value is -2.04. The van der Waals surface area contributed by atoms with Crippen molar-refractivity contribution in [2.45, 2.75) is 57.7 Å². The van der Waals surface area contributed by atoms with E-state index in [0.29, 0.717) is 17.9 Å². The molecule has 146 valence electrons. The van der Waals surface area contributed by atoms with Gasteiger partial charge in [0, 0.05) is 6.42 Å². The molecule has 0 radical (unpaired) electrons. The van der Waals surface area contributed by atoms with Crippen molar-refractivity contribution in [1.29, 1.82) is 0 Å². The molecular formula is C22H24F4O. The van der Waals surface area contributed by atoms with Gasteiger partial charge in [-0.3, -0.25) is 0 Å². The van der Waals surface area contributed by atoms with Crippen molar-refractivity contribution < 1.29 is 22.3 Å². The topological polar surface area (TPSA) is 9.23 Å². The first-order chi connectivity index (χ1) is 12.8. The van der Waals surface area contributed by atoms with Crippen molar-refractivity contribution in [3.63, 3.8) is 0 Å². The maximum absolute atomic E-state index is 14.6. The lowest BCUT2D eigenvalue weighted by molar-refractivity contribution is -0.274. The molecule has 2 aromatic carbocycles.